The third kappa shape index (κ3) is 5.15. The lowest BCUT2D eigenvalue weighted by atomic mass is 10.1. The molecule has 3 aromatic heterocycles. The monoisotopic (exact) mass is 500 g/mol. The van der Waals surface area contributed by atoms with Gasteiger partial charge < -0.3 is 24.6 Å². The van der Waals surface area contributed by atoms with E-state index in [9.17, 15) is 4.79 Å². The summed E-state index contributed by atoms with van der Waals surface area (Å²) >= 11 is 0. The number of aromatic nitrogens is 5. The molecule has 0 saturated carbocycles. The molecular weight excluding hydrogens is 472 g/mol. The van der Waals surface area contributed by atoms with Gasteiger partial charge in [0.1, 0.15) is 17.2 Å². The number of benzene rings is 1. The predicted octanol–water partition coefficient (Wildman–Crippen LogP) is 3.00. The lowest BCUT2D eigenvalue weighted by Gasteiger charge is -2.35. The Morgan fingerprint density at radius 3 is 2.38 bits per heavy atom. The van der Waals surface area contributed by atoms with Crippen molar-refractivity contribution in [1.82, 2.24) is 29.9 Å². The third-order valence-electron chi connectivity index (χ3n) is 6.28. The molecule has 0 unspecified atom stereocenters. The Kier molecular flexibility index (Phi) is 6.84. The highest BCUT2D eigenvalue weighted by atomic mass is 16.5. The first kappa shape index (κ1) is 24.0. The van der Waals surface area contributed by atoms with Gasteiger partial charge in [-0.25, -0.2) is 0 Å². The summed E-state index contributed by atoms with van der Waals surface area (Å²) in [6.45, 7) is 2.46. The standard InChI is InChI=1S/C26H28N8O3/c1-32-22(17-21(31-32)20-16-19(36-2)4-5-23(20)37-3)26(35)34-14-12-33(13-15-34)25-7-6-24(29-30-25)28-18-8-10-27-11-9-18/h4-11,16-17H,12-15H2,1-3H3,(H,27,28,29). The molecule has 190 valence electrons. The second-order valence-corrected chi connectivity index (χ2v) is 8.52. The van der Waals surface area contributed by atoms with Gasteiger partial charge in [0.25, 0.3) is 5.91 Å². The highest BCUT2D eigenvalue weighted by molar-refractivity contribution is 5.94. The van der Waals surface area contributed by atoms with Crippen LogP contribution >= 0.6 is 0 Å². The highest BCUT2D eigenvalue weighted by Gasteiger charge is 2.26. The number of piperazine rings is 1. The number of methoxy groups -OCH3 is 2. The van der Waals surface area contributed by atoms with E-state index in [1.165, 1.54) is 0 Å². The van der Waals surface area contributed by atoms with Crippen molar-refractivity contribution in [2.75, 3.05) is 50.6 Å². The summed E-state index contributed by atoms with van der Waals surface area (Å²) in [6, 6.07) is 14.9. The summed E-state index contributed by atoms with van der Waals surface area (Å²) in [5.41, 5.74) is 2.82. The Bertz CT molecular complexity index is 1370. The molecule has 1 N–H and O–H groups in total. The van der Waals surface area contributed by atoms with Crippen molar-refractivity contribution in [3.8, 4) is 22.8 Å². The molecule has 0 atom stereocenters. The van der Waals surface area contributed by atoms with E-state index in [1.807, 2.05) is 47.4 Å². The van der Waals surface area contributed by atoms with Crippen LogP contribution in [0.2, 0.25) is 0 Å². The Hall–Kier alpha value is -4.67. The van der Waals surface area contributed by atoms with Gasteiger partial charge in [0.2, 0.25) is 0 Å². The summed E-state index contributed by atoms with van der Waals surface area (Å²) in [6.07, 6.45) is 3.43. The summed E-state index contributed by atoms with van der Waals surface area (Å²) in [4.78, 5) is 21.3. The number of pyridine rings is 1. The minimum absolute atomic E-state index is 0.0641. The van der Waals surface area contributed by atoms with Gasteiger partial charge >= 0.3 is 0 Å². The van der Waals surface area contributed by atoms with Gasteiger partial charge in [-0.1, -0.05) is 0 Å². The number of hydrogen-bond acceptors (Lipinski definition) is 9. The van der Waals surface area contributed by atoms with E-state index in [1.54, 1.807) is 44.4 Å². The van der Waals surface area contributed by atoms with Crippen LogP contribution < -0.4 is 19.7 Å². The molecule has 0 spiro atoms. The fourth-order valence-corrected chi connectivity index (χ4v) is 4.26. The van der Waals surface area contributed by atoms with Crippen LogP contribution in [-0.2, 0) is 7.05 Å². The van der Waals surface area contributed by atoms with Gasteiger partial charge in [-0.05, 0) is 48.5 Å². The quantitative estimate of drug-likeness (QED) is 0.409. The second-order valence-electron chi connectivity index (χ2n) is 8.52. The number of anilines is 3. The Morgan fingerprint density at radius 2 is 1.70 bits per heavy atom. The molecule has 0 bridgehead atoms. The van der Waals surface area contributed by atoms with Crippen LogP contribution in [0.1, 0.15) is 10.5 Å². The molecule has 11 nitrogen and oxygen atoms in total. The molecule has 37 heavy (non-hydrogen) atoms. The zero-order valence-corrected chi connectivity index (χ0v) is 21.0. The first-order chi connectivity index (χ1) is 18.1. The van der Waals surface area contributed by atoms with E-state index >= 15 is 0 Å². The maximum absolute atomic E-state index is 13.4. The Labute approximate surface area is 214 Å². The third-order valence-corrected chi connectivity index (χ3v) is 6.28. The van der Waals surface area contributed by atoms with Crippen molar-refractivity contribution in [2.45, 2.75) is 0 Å². The molecule has 0 radical (unpaired) electrons. The van der Waals surface area contributed by atoms with E-state index in [0.717, 1.165) is 17.1 Å². The van der Waals surface area contributed by atoms with Gasteiger partial charge in [-0.3, -0.25) is 14.5 Å². The fourth-order valence-electron chi connectivity index (χ4n) is 4.26. The zero-order chi connectivity index (χ0) is 25.8. The van der Waals surface area contributed by atoms with Crippen molar-refractivity contribution >= 4 is 23.2 Å². The van der Waals surface area contributed by atoms with E-state index < -0.39 is 0 Å². The molecule has 1 aromatic carbocycles. The molecule has 1 amide bonds. The molecule has 0 aliphatic carbocycles. The lowest BCUT2D eigenvalue weighted by Crippen LogP contribution is -2.49. The van der Waals surface area contributed by atoms with Crippen LogP contribution in [0.25, 0.3) is 11.3 Å². The fraction of sp³-hybridized carbons (Fsp3) is 0.269. The van der Waals surface area contributed by atoms with E-state index in [-0.39, 0.29) is 5.91 Å². The van der Waals surface area contributed by atoms with Crippen LogP contribution in [0.5, 0.6) is 11.5 Å². The summed E-state index contributed by atoms with van der Waals surface area (Å²) in [5.74, 6) is 2.72. The molecule has 11 heteroatoms. The predicted molar refractivity (Wildman–Crippen MR) is 139 cm³/mol. The van der Waals surface area contributed by atoms with Crippen molar-refractivity contribution in [3.63, 3.8) is 0 Å². The van der Waals surface area contributed by atoms with Gasteiger partial charge in [0.15, 0.2) is 11.6 Å². The topological polar surface area (TPSA) is 111 Å². The summed E-state index contributed by atoms with van der Waals surface area (Å²) in [7, 11) is 4.99. The minimum atomic E-state index is -0.0641. The second kappa shape index (κ2) is 10.5. The first-order valence-corrected chi connectivity index (χ1v) is 11.9. The van der Waals surface area contributed by atoms with E-state index in [2.05, 4.69) is 30.5 Å². The van der Waals surface area contributed by atoms with Gasteiger partial charge in [0.05, 0.1) is 19.9 Å². The number of nitrogens with zero attached hydrogens (tertiary/aromatic N) is 7. The Balaban J connectivity index is 1.24. The average molecular weight is 501 g/mol. The highest BCUT2D eigenvalue weighted by Crippen LogP contribution is 2.33. The Morgan fingerprint density at radius 1 is 0.919 bits per heavy atom. The smallest absolute Gasteiger partial charge is 0.272 e. The minimum Gasteiger partial charge on any atom is -0.497 e. The van der Waals surface area contributed by atoms with Crippen molar-refractivity contribution in [2.24, 2.45) is 7.05 Å². The zero-order valence-electron chi connectivity index (χ0n) is 21.0. The van der Waals surface area contributed by atoms with Gasteiger partial charge in [-0.15, -0.1) is 10.2 Å². The summed E-state index contributed by atoms with van der Waals surface area (Å²) in [5, 5.41) is 16.4. The molecule has 5 rings (SSSR count). The molecule has 4 aromatic rings. The number of amides is 1. The number of aryl methyl sites for hydroxylation is 1. The van der Waals surface area contributed by atoms with Crippen LogP contribution in [0.4, 0.5) is 17.3 Å². The van der Waals surface area contributed by atoms with Gasteiger partial charge in [-0.2, -0.15) is 5.10 Å². The molecule has 1 fully saturated rings. The molecular formula is C26H28N8O3. The van der Waals surface area contributed by atoms with Gasteiger partial charge in [0, 0.05) is 56.9 Å². The molecule has 1 aliphatic heterocycles. The van der Waals surface area contributed by atoms with Crippen LogP contribution in [0, 0.1) is 0 Å². The number of nitrogens with one attached hydrogen (secondary N) is 1. The normalized spacial score (nSPS) is 13.4. The largest absolute Gasteiger partial charge is 0.497 e. The number of carbonyl (C=O) groups is 1. The molecule has 1 saturated heterocycles. The lowest BCUT2D eigenvalue weighted by molar-refractivity contribution is 0.0735. The molecule has 1 aliphatic rings. The van der Waals surface area contributed by atoms with Crippen molar-refractivity contribution < 1.29 is 14.3 Å². The molecule has 4 heterocycles. The first-order valence-electron chi connectivity index (χ1n) is 11.9. The van der Waals surface area contributed by atoms with E-state index in [0.29, 0.717) is 54.9 Å². The van der Waals surface area contributed by atoms with E-state index in [4.69, 9.17) is 9.47 Å². The van der Waals surface area contributed by atoms with Crippen molar-refractivity contribution in [3.05, 3.63) is 66.6 Å². The maximum atomic E-state index is 13.4. The average Bonchev–Trinajstić information content (AvgIpc) is 3.34. The maximum Gasteiger partial charge on any atom is 0.272 e. The number of rotatable bonds is 7. The van der Waals surface area contributed by atoms with Crippen LogP contribution in [-0.4, -0.2) is 76.2 Å². The summed E-state index contributed by atoms with van der Waals surface area (Å²) < 4.78 is 12.5. The number of carbonyl (C=O) groups excluding carboxylic acids is 1. The van der Waals surface area contributed by atoms with Crippen LogP contribution in [0.15, 0.2) is 60.9 Å². The van der Waals surface area contributed by atoms with Crippen LogP contribution in [0.3, 0.4) is 0 Å². The number of hydrogen-bond donors (Lipinski definition) is 1. The van der Waals surface area contributed by atoms with Crippen molar-refractivity contribution in [1.29, 1.82) is 0 Å². The number of ether oxygens (including phenoxy) is 2. The SMILES string of the molecule is COc1ccc(OC)c(-c2cc(C(=O)N3CCN(c4ccc(Nc5ccncc5)nn4)CC3)n(C)n2)c1.